The maximum atomic E-state index is 13.9. The molecular formula is C28H27N3O7S. The van der Waals surface area contributed by atoms with E-state index in [9.17, 15) is 27.4 Å². The molecule has 202 valence electrons. The van der Waals surface area contributed by atoms with Crippen LogP contribution in [0.25, 0.3) is 22.0 Å². The molecule has 0 saturated carbocycles. The molecule has 0 atom stereocenters. The zero-order valence-corrected chi connectivity index (χ0v) is 22.6. The minimum absolute atomic E-state index is 0. The molecular weight excluding hydrogens is 522 g/mol. The van der Waals surface area contributed by atoms with E-state index in [0.29, 0.717) is 27.6 Å². The summed E-state index contributed by atoms with van der Waals surface area (Å²) in [5, 5.41) is 3.42. The van der Waals surface area contributed by atoms with Crippen molar-refractivity contribution >= 4 is 44.1 Å². The maximum Gasteiger partial charge on any atom is 0.344 e. The molecule has 0 unspecified atom stereocenters. The number of anilines is 2. The number of benzene rings is 3. The zero-order chi connectivity index (χ0) is 27.5. The van der Waals surface area contributed by atoms with Crippen LogP contribution in [-0.2, 0) is 21.9 Å². The second-order valence-corrected chi connectivity index (χ2v) is 10.5. The Labute approximate surface area is 224 Å². The van der Waals surface area contributed by atoms with Crippen LogP contribution in [0.2, 0.25) is 0 Å². The van der Waals surface area contributed by atoms with Gasteiger partial charge < -0.3 is 20.8 Å². The fourth-order valence-corrected chi connectivity index (χ4v) is 5.90. The van der Waals surface area contributed by atoms with E-state index >= 15 is 0 Å². The van der Waals surface area contributed by atoms with Crippen molar-refractivity contribution < 1.29 is 27.3 Å². The van der Waals surface area contributed by atoms with Crippen molar-refractivity contribution in [1.29, 1.82) is 0 Å². The minimum Gasteiger partial charge on any atom is -0.462 e. The average molecular weight is 550 g/mol. The first-order chi connectivity index (χ1) is 18.0. The number of pyridine rings is 1. The molecule has 1 heterocycles. The Kier molecular flexibility index (Phi) is 6.94. The zero-order valence-electron chi connectivity index (χ0n) is 21.8. The number of hydrogen-bond donors (Lipinski definition) is 3. The number of fused-ring (bicyclic) bond motifs is 2. The molecule has 39 heavy (non-hydrogen) atoms. The number of aryl methyl sites for hydroxylation is 3. The van der Waals surface area contributed by atoms with Crippen LogP contribution in [-0.4, -0.2) is 35.9 Å². The van der Waals surface area contributed by atoms with Crippen LogP contribution in [0.3, 0.4) is 0 Å². The summed E-state index contributed by atoms with van der Waals surface area (Å²) in [5.74, 6) is -1.17. The number of ketones is 1. The quantitative estimate of drug-likeness (QED) is 0.208. The van der Waals surface area contributed by atoms with Crippen molar-refractivity contribution in [2.45, 2.75) is 25.7 Å². The van der Waals surface area contributed by atoms with Gasteiger partial charge in [0.2, 0.25) is 0 Å². The monoisotopic (exact) mass is 549 g/mol. The lowest BCUT2D eigenvalue weighted by molar-refractivity contribution is 0.0524. The smallest absolute Gasteiger partial charge is 0.344 e. The molecule has 0 aliphatic heterocycles. The Morgan fingerprint density at radius 1 is 1.03 bits per heavy atom. The summed E-state index contributed by atoms with van der Waals surface area (Å²) in [6.07, 6.45) is 0. The van der Waals surface area contributed by atoms with Gasteiger partial charge in [0.15, 0.2) is 5.78 Å². The Morgan fingerprint density at radius 2 is 1.69 bits per heavy atom. The first-order valence-corrected chi connectivity index (χ1v) is 13.3. The SMILES string of the molecule is CCOC(=O)c1c2c3c(c(Nc4c(C)cc(C)cc4S(=O)(=O)O)ccc3n(C)c1=O)C(=O)c1ccccc1-2.N. The molecule has 1 aliphatic carbocycles. The van der Waals surface area contributed by atoms with Gasteiger partial charge in [-0.15, -0.1) is 0 Å². The Hall–Kier alpha value is -4.32. The van der Waals surface area contributed by atoms with Gasteiger partial charge >= 0.3 is 5.97 Å². The molecule has 0 fully saturated rings. The molecule has 3 aromatic carbocycles. The topological polar surface area (TPSA) is 167 Å². The van der Waals surface area contributed by atoms with Gasteiger partial charge in [-0.05, 0) is 55.7 Å². The van der Waals surface area contributed by atoms with Crippen molar-refractivity contribution in [3.63, 3.8) is 0 Å². The molecule has 0 saturated heterocycles. The molecule has 0 bridgehead atoms. The maximum absolute atomic E-state index is 13.9. The number of nitrogens with one attached hydrogen (secondary N) is 1. The number of rotatable bonds is 5. The number of ether oxygens (including phenoxy) is 1. The van der Waals surface area contributed by atoms with Crippen molar-refractivity contribution in [2.75, 3.05) is 11.9 Å². The molecule has 0 amide bonds. The van der Waals surface area contributed by atoms with E-state index in [2.05, 4.69) is 5.32 Å². The van der Waals surface area contributed by atoms with Crippen LogP contribution in [0.4, 0.5) is 11.4 Å². The van der Waals surface area contributed by atoms with Crippen molar-refractivity contribution in [2.24, 2.45) is 7.05 Å². The van der Waals surface area contributed by atoms with Gasteiger partial charge in [-0.2, -0.15) is 8.42 Å². The molecule has 0 spiro atoms. The van der Waals surface area contributed by atoms with E-state index in [1.54, 1.807) is 63.2 Å². The Bertz CT molecular complexity index is 1880. The van der Waals surface area contributed by atoms with Gasteiger partial charge in [0.05, 0.1) is 29.1 Å². The summed E-state index contributed by atoms with van der Waals surface area (Å²) in [4.78, 5) is 40.0. The van der Waals surface area contributed by atoms with Crippen LogP contribution in [0.15, 0.2) is 58.2 Å². The standard InChI is InChI=1S/C28H24N2O7S.H3N/c1-5-37-28(33)24-21-16-8-6-7-9-17(16)26(31)22-18(10-11-19(23(21)22)30(4)27(24)32)29-25-15(3)12-14(2)13-20(25)38(34,35)36;/h6-13,29H,5H2,1-4H3,(H,34,35,36);1H3. The van der Waals surface area contributed by atoms with Crippen molar-refractivity contribution in [3.8, 4) is 11.1 Å². The average Bonchev–Trinajstić information content (AvgIpc) is 2.86. The van der Waals surface area contributed by atoms with Crippen LogP contribution in [0, 0.1) is 13.8 Å². The summed E-state index contributed by atoms with van der Waals surface area (Å²) in [6, 6.07) is 13.0. The summed E-state index contributed by atoms with van der Waals surface area (Å²) < 4.78 is 40.9. The fourth-order valence-electron chi connectivity index (χ4n) is 5.10. The molecule has 5 rings (SSSR count). The van der Waals surface area contributed by atoms with Crippen molar-refractivity contribution in [1.82, 2.24) is 10.7 Å². The largest absolute Gasteiger partial charge is 0.462 e. The van der Waals surface area contributed by atoms with Crippen molar-refractivity contribution in [3.05, 3.63) is 86.7 Å². The summed E-state index contributed by atoms with van der Waals surface area (Å²) in [6.45, 7) is 5.08. The normalized spacial score (nSPS) is 12.1. The third kappa shape index (κ3) is 4.30. The van der Waals surface area contributed by atoms with E-state index < -0.39 is 21.6 Å². The van der Waals surface area contributed by atoms with Crippen LogP contribution < -0.4 is 17.0 Å². The molecule has 0 radical (unpaired) electrons. The molecule has 4 aromatic rings. The van der Waals surface area contributed by atoms with E-state index in [-0.39, 0.29) is 57.1 Å². The molecule has 10 nitrogen and oxygen atoms in total. The summed E-state index contributed by atoms with van der Waals surface area (Å²) in [5.41, 5.74) is 2.34. The van der Waals surface area contributed by atoms with Gasteiger partial charge in [-0.1, -0.05) is 30.3 Å². The van der Waals surface area contributed by atoms with Gasteiger partial charge in [0.25, 0.3) is 15.7 Å². The Morgan fingerprint density at radius 3 is 2.33 bits per heavy atom. The molecule has 5 N–H and O–H groups in total. The van der Waals surface area contributed by atoms with E-state index in [1.807, 2.05) is 0 Å². The molecule has 1 aliphatic rings. The predicted molar refractivity (Wildman–Crippen MR) is 148 cm³/mol. The van der Waals surface area contributed by atoms with Crippen LogP contribution in [0.5, 0.6) is 0 Å². The first-order valence-electron chi connectivity index (χ1n) is 11.8. The third-order valence-electron chi connectivity index (χ3n) is 6.69. The lowest BCUT2D eigenvalue weighted by Crippen LogP contribution is -2.29. The fraction of sp³-hybridized carbons (Fsp3) is 0.179. The number of nitrogens with zero attached hydrogens (tertiary/aromatic N) is 1. The number of aromatic nitrogens is 1. The first kappa shape index (κ1) is 27.7. The van der Waals surface area contributed by atoms with Gasteiger partial charge in [0.1, 0.15) is 10.5 Å². The van der Waals surface area contributed by atoms with Gasteiger partial charge in [-0.25, -0.2) is 4.79 Å². The highest BCUT2D eigenvalue weighted by molar-refractivity contribution is 7.86. The highest BCUT2D eigenvalue weighted by Gasteiger charge is 2.34. The highest BCUT2D eigenvalue weighted by atomic mass is 32.2. The molecule has 11 heteroatoms. The number of hydrogen-bond acceptors (Lipinski definition) is 8. The third-order valence-corrected chi connectivity index (χ3v) is 7.57. The van der Waals surface area contributed by atoms with E-state index in [0.717, 1.165) is 0 Å². The van der Waals surface area contributed by atoms with E-state index in [4.69, 9.17) is 4.74 Å². The predicted octanol–water partition coefficient (Wildman–Crippen LogP) is 4.70. The lowest BCUT2D eigenvalue weighted by atomic mass is 9.81. The number of carbonyl (C=O) groups is 2. The number of carbonyl (C=O) groups excluding carboxylic acids is 2. The van der Waals surface area contributed by atoms with Crippen LogP contribution in [0.1, 0.15) is 44.3 Å². The van der Waals surface area contributed by atoms with Gasteiger partial charge in [-0.3, -0.25) is 14.1 Å². The van der Waals surface area contributed by atoms with Crippen LogP contribution >= 0.6 is 0 Å². The second-order valence-electron chi connectivity index (χ2n) is 9.15. The van der Waals surface area contributed by atoms with E-state index in [1.165, 1.54) is 17.7 Å². The molecule has 1 aromatic heterocycles. The summed E-state index contributed by atoms with van der Waals surface area (Å²) in [7, 11) is -3.10. The highest BCUT2D eigenvalue weighted by Crippen LogP contribution is 2.44. The number of esters is 1. The van der Waals surface area contributed by atoms with Gasteiger partial charge in [0, 0.05) is 23.6 Å². The minimum atomic E-state index is -4.61. The second kappa shape index (κ2) is 9.77. The lowest BCUT2D eigenvalue weighted by Gasteiger charge is -2.26. The Balaban J connectivity index is 0.00000353. The summed E-state index contributed by atoms with van der Waals surface area (Å²) >= 11 is 0.